The van der Waals surface area contributed by atoms with Gasteiger partial charge in [0.25, 0.3) is 0 Å². The molecule has 0 aliphatic carbocycles. The molecule has 0 spiro atoms. The third-order valence-corrected chi connectivity index (χ3v) is 4.39. The van der Waals surface area contributed by atoms with Crippen LogP contribution < -0.4 is 5.73 Å². The fourth-order valence-electron chi connectivity index (χ4n) is 1.72. The van der Waals surface area contributed by atoms with E-state index >= 15 is 0 Å². The standard InChI is InChI=1S/C14H12Cl2FNS/c1-8(18)14-12(17)3-2-4-13(14)19-9-5-6-10(15)11(16)7-9/h2-8H,18H2,1H3/t8-/m1/s1. The molecule has 0 amide bonds. The van der Waals surface area contributed by atoms with E-state index in [-0.39, 0.29) is 11.9 Å². The van der Waals surface area contributed by atoms with Crippen molar-refractivity contribution in [3.05, 3.63) is 57.8 Å². The lowest BCUT2D eigenvalue weighted by atomic mass is 10.1. The van der Waals surface area contributed by atoms with E-state index in [1.54, 1.807) is 25.1 Å². The molecule has 19 heavy (non-hydrogen) atoms. The molecule has 2 aromatic carbocycles. The second-order valence-corrected chi connectivity index (χ2v) is 6.05. The summed E-state index contributed by atoms with van der Waals surface area (Å²) in [5, 5.41) is 0.975. The fourth-order valence-corrected chi connectivity index (χ4v) is 3.18. The third-order valence-electron chi connectivity index (χ3n) is 2.59. The molecule has 0 saturated carbocycles. The number of hydrogen-bond donors (Lipinski definition) is 1. The Morgan fingerprint density at radius 1 is 1.16 bits per heavy atom. The van der Waals surface area contributed by atoms with Crippen LogP contribution in [0, 0.1) is 5.82 Å². The summed E-state index contributed by atoms with van der Waals surface area (Å²) >= 11 is 13.3. The van der Waals surface area contributed by atoms with Crippen LogP contribution in [0.3, 0.4) is 0 Å². The lowest BCUT2D eigenvalue weighted by Crippen LogP contribution is -2.08. The van der Waals surface area contributed by atoms with Gasteiger partial charge in [0.15, 0.2) is 0 Å². The third kappa shape index (κ3) is 3.42. The first kappa shape index (κ1) is 14.7. The lowest BCUT2D eigenvalue weighted by molar-refractivity contribution is 0.585. The molecule has 100 valence electrons. The van der Waals surface area contributed by atoms with E-state index in [1.807, 2.05) is 12.1 Å². The van der Waals surface area contributed by atoms with Crippen molar-refractivity contribution in [1.29, 1.82) is 0 Å². The maximum atomic E-state index is 13.8. The van der Waals surface area contributed by atoms with Gasteiger partial charge in [-0.05, 0) is 37.3 Å². The molecule has 0 heterocycles. The summed E-state index contributed by atoms with van der Waals surface area (Å²) in [6, 6.07) is 9.87. The first-order valence-electron chi connectivity index (χ1n) is 5.66. The minimum Gasteiger partial charge on any atom is -0.324 e. The molecule has 0 saturated heterocycles. The normalized spacial score (nSPS) is 12.5. The van der Waals surface area contributed by atoms with E-state index < -0.39 is 0 Å². The average molecular weight is 316 g/mol. The van der Waals surface area contributed by atoms with Gasteiger partial charge in [0.05, 0.1) is 10.0 Å². The van der Waals surface area contributed by atoms with Crippen molar-refractivity contribution >= 4 is 35.0 Å². The van der Waals surface area contributed by atoms with E-state index in [4.69, 9.17) is 28.9 Å². The SMILES string of the molecule is C[C@@H](N)c1c(F)cccc1Sc1ccc(Cl)c(Cl)c1. The van der Waals surface area contributed by atoms with Gasteiger partial charge in [-0.15, -0.1) is 0 Å². The number of rotatable bonds is 3. The number of benzene rings is 2. The van der Waals surface area contributed by atoms with Gasteiger partial charge < -0.3 is 5.73 Å². The van der Waals surface area contributed by atoms with Gasteiger partial charge >= 0.3 is 0 Å². The molecule has 1 atom stereocenters. The minimum atomic E-state index is -0.369. The number of hydrogen-bond acceptors (Lipinski definition) is 2. The molecule has 0 radical (unpaired) electrons. The van der Waals surface area contributed by atoms with Crippen molar-refractivity contribution < 1.29 is 4.39 Å². The van der Waals surface area contributed by atoms with Crippen LogP contribution in [0.4, 0.5) is 4.39 Å². The van der Waals surface area contributed by atoms with E-state index in [2.05, 4.69) is 0 Å². The zero-order valence-corrected chi connectivity index (χ0v) is 12.5. The minimum absolute atomic E-state index is 0.292. The first-order valence-corrected chi connectivity index (χ1v) is 7.23. The van der Waals surface area contributed by atoms with Crippen LogP contribution >= 0.6 is 35.0 Å². The summed E-state index contributed by atoms with van der Waals surface area (Å²) in [4.78, 5) is 1.68. The quantitative estimate of drug-likeness (QED) is 0.831. The van der Waals surface area contributed by atoms with Crippen molar-refractivity contribution in [2.24, 2.45) is 5.73 Å². The van der Waals surface area contributed by atoms with Crippen LogP contribution in [-0.2, 0) is 0 Å². The van der Waals surface area contributed by atoms with Crippen molar-refractivity contribution in [1.82, 2.24) is 0 Å². The van der Waals surface area contributed by atoms with E-state index in [0.717, 1.165) is 9.79 Å². The van der Waals surface area contributed by atoms with E-state index in [1.165, 1.54) is 17.8 Å². The van der Waals surface area contributed by atoms with Crippen LogP contribution in [0.25, 0.3) is 0 Å². The topological polar surface area (TPSA) is 26.0 Å². The van der Waals surface area contributed by atoms with Gasteiger partial charge in [-0.25, -0.2) is 4.39 Å². The maximum absolute atomic E-state index is 13.8. The molecule has 0 fully saturated rings. The summed E-state index contributed by atoms with van der Waals surface area (Å²) in [5.41, 5.74) is 6.34. The van der Waals surface area contributed by atoms with Crippen LogP contribution in [0.5, 0.6) is 0 Å². The zero-order chi connectivity index (χ0) is 14.0. The summed E-state index contributed by atoms with van der Waals surface area (Å²) in [5.74, 6) is -0.292. The Morgan fingerprint density at radius 3 is 2.53 bits per heavy atom. The lowest BCUT2D eigenvalue weighted by Gasteiger charge is -2.13. The molecule has 0 bridgehead atoms. The Bertz CT molecular complexity index is 602. The van der Waals surface area contributed by atoms with Gasteiger partial charge in [-0.3, -0.25) is 0 Å². The largest absolute Gasteiger partial charge is 0.324 e. The molecule has 1 nitrogen and oxygen atoms in total. The number of nitrogens with two attached hydrogens (primary N) is 1. The highest BCUT2D eigenvalue weighted by Crippen LogP contribution is 2.36. The van der Waals surface area contributed by atoms with E-state index in [0.29, 0.717) is 15.6 Å². The van der Waals surface area contributed by atoms with Crippen molar-refractivity contribution in [2.75, 3.05) is 0 Å². The molecule has 2 aromatic rings. The van der Waals surface area contributed by atoms with Gasteiger partial charge in [0, 0.05) is 21.4 Å². The highest BCUT2D eigenvalue weighted by molar-refractivity contribution is 7.99. The highest BCUT2D eigenvalue weighted by Gasteiger charge is 2.13. The Kier molecular flexibility index (Phi) is 4.74. The Morgan fingerprint density at radius 2 is 1.89 bits per heavy atom. The van der Waals surface area contributed by atoms with Gasteiger partial charge in [0.1, 0.15) is 5.82 Å². The number of halogens is 3. The van der Waals surface area contributed by atoms with Crippen molar-refractivity contribution in [3.8, 4) is 0 Å². The first-order chi connectivity index (χ1) is 8.99. The van der Waals surface area contributed by atoms with Gasteiger partial charge in [-0.1, -0.05) is 41.0 Å². The van der Waals surface area contributed by atoms with Crippen LogP contribution in [0.15, 0.2) is 46.2 Å². The Hall–Kier alpha value is -0.740. The molecule has 2 rings (SSSR count). The van der Waals surface area contributed by atoms with Crippen LogP contribution in [0.2, 0.25) is 10.0 Å². The molecule has 0 aliphatic heterocycles. The summed E-state index contributed by atoms with van der Waals surface area (Å²) in [6.07, 6.45) is 0. The molecule has 0 unspecified atom stereocenters. The van der Waals surface area contributed by atoms with Crippen LogP contribution in [0.1, 0.15) is 18.5 Å². The molecule has 0 aromatic heterocycles. The second kappa shape index (κ2) is 6.14. The van der Waals surface area contributed by atoms with Crippen LogP contribution in [-0.4, -0.2) is 0 Å². The fraction of sp³-hybridized carbons (Fsp3) is 0.143. The van der Waals surface area contributed by atoms with Gasteiger partial charge in [0.2, 0.25) is 0 Å². The summed E-state index contributed by atoms with van der Waals surface area (Å²) < 4.78 is 13.8. The predicted octanol–water partition coefficient (Wildman–Crippen LogP) is 5.30. The second-order valence-electron chi connectivity index (χ2n) is 4.12. The highest BCUT2D eigenvalue weighted by atomic mass is 35.5. The van der Waals surface area contributed by atoms with Gasteiger partial charge in [-0.2, -0.15) is 0 Å². The predicted molar refractivity (Wildman–Crippen MR) is 79.6 cm³/mol. The average Bonchev–Trinajstić information content (AvgIpc) is 2.33. The maximum Gasteiger partial charge on any atom is 0.129 e. The van der Waals surface area contributed by atoms with Crippen molar-refractivity contribution in [2.45, 2.75) is 22.8 Å². The summed E-state index contributed by atoms with van der Waals surface area (Å²) in [6.45, 7) is 1.76. The molecular formula is C14H12Cl2FNS. The monoisotopic (exact) mass is 315 g/mol. The Balaban J connectivity index is 2.38. The van der Waals surface area contributed by atoms with E-state index in [9.17, 15) is 4.39 Å². The van der Waals surface area contributed by atoms with Crippen molar-refractivity contribution in [3.63, 3.8) is 0 Å². The molecule has 0 aliphatic rings. The summed E-state index contributed by atoms with van der Waals surface area (Å²) in [7, 11) is 0. The smallest absolute Gasteiger partial charge is 0.129 e. The molecular weight excluding hydrogens is 304 g/mol. The molecule has 2 N–H and O–H groups in total. The Labute approximate surface area is 125 Å². The molecule has 5 heteroatoms. The zero-order valence-electron chi connectivity index (χ0n) is 10.2.